The maximum atomic E-state index is 14.6. The highest BCUT2D eigenvalue weighted by Gasteiger charge is 2.49. The predicted molar refractivity (Wildman–Crippen MR) is 127 cm³/mol. The molecule has 2 aliphatic rings. The standard InChI is InChI=1S/C24H27F2N7O3/c1-28-19(34)11-24(36)6-8-33(23(27)35)20(24)13-9-16-21(29-12-13)30-31-22(16)32-7-2-3-18(32)15-10-14(25)4-5-17(15)26/h4-5,9-10,12,18,20,36H,2-3,6-8,11H2,1H3,(H2,27,35)(H,28,34)(H,29,30,31)/t18-,20?,24?/m1/s1. The summed E-state index contributed by atoms with van der Waals surface area (Å²) in [5, 5.41) is 21.8. The molecule has 0 spiro atoms. The molecule has 3 amide bonds. The van der Waals surface area contributed by atoms with Crippen LogP contribution in [0.1, 0.15) is 48.9 Å². The van der Waals surface area contributed by atoms with Crippen LogP contribution in [0.2, 0.25) is 0 Å². The van der Waals surface area contributed by atoms with Gasteiger partial charge in [0.1, 0.15) is 11.6 Å². The number of carbonyl (C=O) groups is 2. The lowest BCUT2D eigenvalue weighted by atomic mass is 9.86. The summed E-state index contributed by atoms with van der Waals surface area (Å²) >= 11 is 0. The summed E-state index contributed by atoms with van der Waals surface area (Å²) in [7, 11) is 1.47. The summed E-state index contributed by atoms with van der Waals surface area (Å²) in [6.07, 6.45) is 2.83. The van der Waals surface area contributed by atoms with Crippen LogP contribution in [-0.4, -0.2) is 62.9 Å². The van der Waals surface area contributed by atoms with E-state index in [-0.39, 0.29) is 30.9 Å². The van der Waals surface area contributed by atoms with Gasteiger partial charge in [-0.25, -0.2) is 18.6 Å². The molecule has 0 saturated carbocycles. The number of aromatic nitrogens is 3. The molecule has 0 aliphatic carbocycles. The maximum Gasteiger partial charge on any atom is 0.315 e. The minimum absolute atomic E-state index is 0.164. The van der Waals surface area contributed by atoms with Crippen molar-refractivity contribution in [1.29, 1.82) is 0 Å². The minimum Gasteiger partial charge on any atom is -0.387 e. The Kier molecular flexibility index (Phi) is 5.99. The first-order chi connectivity index (χ1) is 17.2. The highest BCUT2D eigenvalue weighted by Crippen LogP contribution is 2.44. The summed E-state index contributed by atoms with van der Waals surface area (Å²) in [6, 6.07) is 3.12. The van der Waals surface area contributed by atoms with Gasteiger partial charge in [0.05, 0.1) is 29.5 Å². The number of H-pyrrole nitrogens is 1. The van der Waals surface area contributed by atoms with Gasteiger partial charge in [0.2, 0.25) is 5.91 Å². The first-order valence-electron chi connectivity index (χ1n) is 11.8. The zero-order valence-corrected chi connectivity index (χ0v) is 19.7. The summed E-state index contributed by atoms with van der Waals surface area (Å²) in [5.74, 6) is -0.876. The number of nitrogens with zero attached hydrogens (tertiary/aromatic N) is 4. The molecule has 3 aromatic rings. The van der Waals surface area contributed by atoms with E-state index in [2.05, 4.69) is 20.5 Å². The fourth-order valence-corrected chi connectivity index (χ4v) is 5.54. The molecule has 5 rings (SSSR count). The van der Waals surface area contributed by atoms with Gasteiger partial charge in [-0.15, -0.1) is 0 Å². The first kappa shape index (κ1) is 23.9. The average molecular weight is 500 g/mol. The number of hydrogen-bond donors (Lipinski definition) is 4. The molecule has 3 atom stereocenters. The van der Waals surface area contributed by atoms with Crippen LogP contribution in [0.25, 0.3) is 11.0 Å². The molecule has 2 aliphatic heterocycles. The fraction of sp³-hybridized carbons (Fsp3) is 0.417. The fourth-order valence-electron chi connectivity index (χ4n) is 5.54. The largest absolute Gasteiger partial charge is 0.387 e. The lowest BCUT2D eigenvalue weighted by Crippen LogP contribution is -2.44. The summed E-state index contributed by atoms with van der Waals surface area (Å²) in [4.78, 5) is 32.0. The SMILES string of the molecule is CNC(=O)CC1(O)CCN(C(N)=O)C1c1cnc2[nH]nc(N3CCC[C@@H]3c3cc(F)ccc3F)c2c1. The van der Waals surface area contributed by atoms with Crippen molar-refractivity contribution in [2.75, 3.05) is 25.0 Å². The normalized spacial score (nSPS) is 24.0. The first-order valence-corrected chi connectivity index (χ1v) is 11.8. The highest BCUT2D eigenvalue weighted by molar-refractivity contribution is 5.88. The van der Waals surface area contributed by atoms with E-state index in [4.69, 9.17) is 5.73 Å². The zero-order chi connectivity index (χ0) is 25.6. The number of hydrogen-bond acceptors (Lipinski definition) is 6. The summed E-state index contributed by atoms with van der Waals surface area (Å²) < 4.78 is 28.5. The van der Waals surface area contributed by atoms with Crippen LogP contribution < -0.4 is 16.0 Å². The van der Waals surface area contributed by atoms with Crippen LogP contribution in [0.4, 0.5) is 19.4 Å². The van der Waals surface area contributed by atoms with Crippen molar-refractivity contribution < 1.29 is 23.5 Å². The molecule has 190 valence electrons. The molecule has 2 fully saturated rings. The van der Waals surface area contributed by atoms with Crippen LogP contribution >= 0.6 is 0 Å². The molecule has 4 heterocycles. The molecule has 5 N–H and O–H groups in total. The van der Waals surface area contributed by atoms with Crippen molar-refractivity contribution in [2.24, 2.45) is 5.73 Å². The Morgan fingerprint density at radius 1 is 1.31 bits per heavy atom. The minimum atomic E-state index is -1.55. The smallest absolute Gasteiger partial charge is 0.315 e. The molecule has 0 radical (unpaired) electrons. The van der Waals surface area contributed by atoms with Gasteiger partial charge in [-0.3, -0.25) is 9.89 Å². The Morgan fingerprint density at radius 2 is 2.11 bits per heavy atom. The molecule has 12 heteroatoms. The lowest BCUT2D eigenvalue weighted by Gasteiger charge is -2.33. The van der Waals surface area contributed by atoms with Gasteiger partial charge in [0, 0.05) is 31.9 Å². The zero-order valence-electron chi connectivity index (χ0n) is 19.7. The van der Waals surface area contributed by atoms with Crippen LogP contribution in [-0.2, 0) is 4.79 Å². The van der Waals surface area contributed by atoms with E-state index in [0.717, 1.165) is 18.6 Å². The summed E-state index contributed by atoms with van der Waals surface area (Å²) in [6.45, 7) is 0.749. The number of carbonyl (C=O) groups excluding carboxylic acids is 2. The van der Waals surface area contributed by atoms with Gasteiger partial charge in [-0.2, -0.15) is 5.10 Å². The number of fused-ring (bicyclic) bond motifs is 1. The number of halogens is 2. The molecular formula is C24H27F2N7O3. The van der Waals surface area contributed by atoms with E-state index < -0.39 is 35.4 Å². The van der Waals surface area contributed by atoms with Gasteiger partial charge >= 0.3 is 6.03 Å². The van der Waals surface area contributed by atoms with Gasteiger partial charge < -0.3 is 26.0 Å². The van der Waals surface area contributed by atoms with Crippen molar-refractivity contribution in [3.8, 4) is 0 Å². The van der Waals surface area contributed by atoms with Crippen molar-refractivity contribution in [2.45, 2.75) is 43.4 Å². The average Bonchev–Trinajstić information content (AvgIpc) is 3.56. The van der Waals surface area contributed by atoms with Crippen LogP contribution in [0.3, 0.4) is 0 Å². The van der Waals surface area contributed by atoms with E-state index in [1.807, 2.05) is 4.90 Å². The van der Waals surface area contributed by atoms with E-state index in [0.29, 0.717) is 35.4 Å². The number of pyridine rings is 1. The molecule has 2 unspecified atom stereocenters. The molecule has 10 nitrogen and oxygen atoms in total. The third-order valence-corrected chi connectivity index (χ3v) is 7.21. The Morgan fingerprint density at radius 3 is 2.86 bits per heavy atom. The lowest BCUT2D eigenvalue weighted by molar-refractivity contribution is -0.126. The van der Waals surface area contributed by atoms with Gasteiger partial charge in [0.25, 0.3) is 0 Å². The number of urea groups is 1. The number of amides is 3. The van der Waals surface area contributed by atoms with Gasteiger partial charge in [-0.1, -0.05) is 0 Å². The molecule has 2 saturated heterocycles. The number of benzene rings is 1. The van der Waals surface area contributed by atoms with Crippen molar-refractivity contribution in [1.82, 2.24) is 25.4 Å². The molecule has 1 aromatic carbocycles. The number of likely N-dealkylation sites (tertiary alicyclic amines) is 1. The maximum absolute atomic E-state index is 14.6. The van der Waals surface area contributed by atoms with Gasteiger partial charge in [0.15, 0.2) is 11.5 Å². The van der Waals surface area contributed by atoms with Crippen LogP contribution in [0, 0.1) is 11.6 Å². The van der Waals surface area contributed by atoms with Crippen molar-refractivity contribution in [3.05, 3.63) is 53.2 Å². The number of aliphatic hydroxyl groups is 1. The number of nitrogens with one attached hydrogen (secondary N) is 2. The predicted octanol–water partition coefficient (Wildman–Crippen LogP) is 2.27. The molecule has 0 bridgehead atoms. The number of primary amides is 1. The van der Waals surface area contributed by atoms with Crippen LogP contribution in [0.5, 0.6) is 0 Å². The number of anilines is 1. The molecule has 2 aromatic heterocycles. The Bertz CT molecular complexity index is 1330. The third kappa shape index (κ3) is 4.00. The number of aromatic amines is 1. The topological polar surface area (TPSA) is 140 Å². The molecule has 36 heavy (non-hydrogen) atoms. The number of nitrogens with two attached hydrogens (primary N) is 1. The third-order valence-electron chi connectivity index (χ3n) is 7.21. The van der Waals surface area contributed by atoms with Crippen LogP contribution in [0.15, 0.2) is 30.5 Å². The van der Waals surface area contributed by atoms with Crippen molar-refractivity contribution >= 4 is 28.8 Å². The Balaban J connectivity index is 1.56. The van der Waals surface area contributed by atoms with Gasteiger partial charge in [-0.05, 0) is 49.1 Å². The Labute approximate surface area is 205 Å². The van der Waals surface area contributed by atoms with E-state index >= 15 is 0 Å². The van der Waals surface area contributed by atoms with E-state index in [1.54, 1.807) is 6.07 Å². The second-order valence-corrected chi connectivity index (χ2v) is 9.37. The number of rotatable bonds is 5. The Hall–Kier alpha value is -3.80. The monoisotopic (exact) mass is 499 g/mol. The summed E-state index contributed by atoms with van der Waals surface area (Å²) in [5.41, 5.74) is 5.25. The second kappa shape index (κ2) is 9.01. The van der Waals surface area contributed by atoms with Crippen molar-refractivity contribution in [3.63, 3.8) is 0 Å². The van der Waals surface area contributed by atoms with E-state index in [9.17, 15) is 23.5 Å². The quantitative estimate of drug-likeness (QED) is 0.425. The highest BCUT2D eigenvalue weighted by atomic mass is 19.1. The second-order valence-electron chi connectivity index (χ2n) is 9.37. The van der Waals surface area contributed by atoms with E-state index in [1.165, 1.54) is 24.2 Å². The molecular weight excluding hydrogens is 472 g/mol.